The number of hydrazine groups is 1. The molecule has 0 saturated heterocycles. The van der Waals surface area contributed by atoms with Gasteiger partial charge in [-0.2, -0.15) is 0 Å². The molecule has 0 unspecified atom stereocenters. The number of rotatable bonds is 2. The standard InChI is InChI=1S/C12H10BrN3O/c13-9-4-6-10(7-5-9)16(14)12(17)11-3-1-2-8-15-11/h1-8H,14H2. The van der Waals surface area contributed by atoms with Gasteiger partial charge in [0.15, 0.2) is 0 Å². The van der Waals surface area contributed by atoms with E-state index in [1.54, 1.807) is 36.5 Å². The van der Waals surface area contributed by atoms with Gasteiger partial charge in [-0.3, -0.25) is 9.78 Å². The highest BCUT2D eigenvalue weighted by molar-refractivity contribution is 9.10. The number of benzene rings is 1. The summed E-state index contributed by atoms with van der Waals surface area (Å²) in [7, 11) is 0. The van der Waals surface area contributed by atoms with Crippen LogP contribution in [0.4, 0.5) is 5.69 Å². The van der Waals surface area contributed by atoms with E-state index in [9.17, 15) is 4.79 Å². The number of anilines is 1. The summed E-state index contributed by atoms with van der Waals surface area (Å²) in [6.07, 6.45) is 1.56. The molecule has 2 N–H and O–H groups in total. The van der Waals surface area contributed by atoms with E-state index in [2.05, 4.69) is 20.9 Å². The van der Waals surface area contributed by atoms with Crippen molar-refractivity contribution < 1.29 is 4.79 Å². The zero-order valence-electron chi connectivity index (χ0n) is 8.88. The van der Waals surface area contributed by atoms with Crippen LogP contribution in [0, 0.1) is 0 Å². The topological polar surface area (TPSA) is 59.2 Å². The second-order valence-electron chi connectivity index (χ2n) is 3.37. The quantitative estimate of drug-likeness (QED) is 0.525. The van der Waals surface area contributed by atoms with Gasteiger partial charge in [-0.05, 0) is 36.4 Å². The van der Waals surface area contributed by atoms with Crippen molar-refractivity contribution in [2.45, 2.75) is 0 Å². The first-order valence-corrected chi connectivity index (χ1v) is 5.73. The number of aromatic nitrogens is 1. The van der Waals surface area contributed by atoms with E-state index in [1.807, 2.05) is 12.1 Å². The normalized spacial score (nSPS) is 10.0. The highest BCUT2D eigenvalue weighted by atomic mass is 79.9. The van der Waals surface area contributed by atoms with E-state index in [-0.39, 0.29) is 5.91 Å². The average molecular weight is 292 g/mol. The third-order valence-electron chi connectivity index (χ3n) is 2.21. The largest absolute Gasteiger partial charge is 0.291 e. The molecule has 0 spiro atoms. The molecule has 1 aromatic carbocycles. The molecule has 2 aromatic rings. The van der Waals surface area contributed by atoms with Crippen LogP contribution in [-0.2, 0) is 0 Å². The van der Waals surface area contributed by atoms with E-state index >= 15 is 0 Å². The van der Waals surface area contributed by atoms with E-state index in [0.29, 0.717) is 11.4 Å². The predicted octanol–water partition coefficient (Wildman–Crippen LogP) is 2.36. The van der Waals surface area contributed by atoms with E-state index in [0.717, 1.165) is 9.48 Å². The number of carbonyl (C=O) groups excluding carboxylic acids is 1. The zero-order chi connectivity index (χ0) is 12.3. The molecule has 17 heavy (non-hydrogen) atoms. The Hall–Kier alpha value is -1.72. The molecule has 5 heteroatoms. The summed E-state index contributed by atoms with van der Waals surface area (Å²) in [4.78, 5) is 15.9. The first kappa shape index (κ1) is 11.8. The van der Waals surface area contributed by atoms with Crippen molar-refractivity contribution >= 4 is 27.5 Å². The third kappa shape index (κ3) is 2.69. The first-order valence-electron chi connectivity index (χ1n) is 4.94. The maximum absolute atomic E-state index is 12.0. The van der Waals surface area contributed by atoms with Gasteiger partial charge in [0.25, 0.3) is 5.91 Å². The Bertz CT molecular complexity index is 513. The zero-order valence-corrected chi connectivity index (χ0v) is 10.5. The van der Waals surface area contributed by atoms with Crippen LogP contribution in [0.1, 0.15) is 10.5 Å². The van der Waals surface area contributed by atoms with Crippen molar-refractivity contribution in [1.29, 1.82) is 0 Å². The first-order chi connectivity index (χ1) is 8.18. The summed E-state index contributed by atoms with van der Waals surface area (Å²) in [6, 6.07) is 12.3. The van der Waals surface area contributed by atoms with Crippen LogP contribution < -0.4 is 10.9 Å². The number of halogens is 1. The summed E-state index contributed by atoms with van der Waals surface area (Å²) in [5, 5.41) is 1.08. The van der Waals surface area contributed by atoms with Crippen LogP contribution in [0.2, 0.25) is 0 Å². The van der Waals surface area contributed by atoms with Crippen LogP contribution >= 0.6 is 15.9 Å². The molecular formula is C12H10BrN3O. The van der Waals surface area contributed by atoms with Gasteiger partial charge in [0.1, 0.15) is 5.69 Å². The molecular weight excluding hydrogens is 282 g/mol. The summed E-state index contributed by atoms with van der Waals surface area (Å²) in [5.41, 5.74) is 0.932. The Morgan fingerprint density at radius 3 is 2.47 bits per heavy atom. The molecule has 0 atom stereocenters. The number of nitrogens with two attached hydrogens (primary N) is 1. The van der Waals surface area contributed by atoms with Crippen LogP contribution in [0.3, 0.4) is 0 Å². The van der Waals surface area contributed by atoms with Crippen molar-refractivity contribution in [3.63, 3.8) is 0 Å². The lowest BCUT2D eigenvalue weighted by molar-refractivity contribution is 0.0982. The molecule has 1 aromatic heterocycles. The second kappa shape index (κ2) is 5.07. The minimum absolute atomic E-state index is 0.318. The molecule has 86 valence electrons. The van der Waals surface area contributed by atoms with E-state index in [4.69, 9.17) is 5.84 Å². The number of hydrogen-bond acceptors (Lipinski definition) is 3. The molecule has 4 nitrogen and oxygen atoms in total. The fraction of sp³-hybridized carbons (Fsp3) is 0. The van der Waals surface area contributed by atoms with Gasteiger partial charge in [-0.25, -0.2) is 10.9 Å². The number of pyridine rings is 1. The average Bonchev–Trinajstić information content (AvgIpc) is 2.39. The third-order valence-corrected chi connectivity index (χ3v) is 2.74. The van der Waals surface area contributed by atoms with Crippen molar-refractivity contribution in [3.05, 3.63) is 58.8 Å². The van der Waals surface area contributed by atoms with Gasteiger partial charge in [0, 0.05) is 10.7 Å². The number of nitrogens with zero attached hydrogens (tertiary/aromatic N) is 2. The Kier molecular flexibility index (Phi) is 3.51. The Morgan fingerprint density at radius 1 is 1.18 bits per heavy atom. The fourth-order valence-electron chi connectivity index (χ4n) is 1.33. The van der Waals surface area contributed by atoms with Crippen LogP contribution in [0.5, 0.6) is 0 Å². The Balaban J connectivity index is 2.23. The monoisotopic (exact) mass is 291 g/mol. The highest BCUT2D eigenvalue weighted by Crippen LogP contribution is 2.17. The van der Waals surface area contributed by atoms with E-state index < -0.39 is 0 Å². The molecule has 0 radical (unpaired) electrons. The smallest absolute Gasteiger partial charge is 0.265 e. The highest BCUT2D eigenvalue weighted by Gasteiger charge is 2.14. The molecule has 0 fully saturated rings. The second-order valence-corrected chi connectivity index (χ2v) is 4.28. The molecule has 0 saturated carbocycles. The molecule has 0 bridgehead atoms. The van der Waals surface area contributed by atoms with Gasteiger partial charge in [-0.15, -0.1) is 0 Å². The Morgan fingerprint density at radius 2 is 1.88 bits per heavy atom. The van der Waals surface area contributed by atoms with Gasteiger partial charge < -0.3 is 0 Å². The minimum atomic E-state index is -0.340. The summed E-state index contributed by atoms with van der Waals surface area (Å²) in [6.45, 7) is 0. The number of amides is 1. The molecule has 1 amide bonds. The lowest BCUT2D eigenvalue weighted by Gasteiger charge is -2.15. The van der Waals surface area contributed by atoms with Gasteiger partial charge >= 0.3 is 0 Å². The number of hydrogen-bond donors (Lipinski definition) is 1. The lowest BCUT2D eigenvalue weighted by Crippen LogP contribution is -2.37. The van der Waals surface area contributed by atoms with Gasteiger partial charge in [0.2, 0.25) is 0 Å². The molecule has 0 aliphatic carbocycles. The van der Waals surface area contributed by atoms with Gasteiger partial charge in [-0.1, -0.05) is 22.0 Å². The van der Waals surface area contributed by atoms with Gasteiger partial charge in [0.05, 0.1) is 5.69 Å². The van der Waals surface area contributed by atoms with Crippen molar-refractivity contribution in [2.24, 2.45) is 5.84 Å². The Labute approximate surface area is 107 Å². The van der Waals surface area contributed by atoms with Crippen LogP contribution in [0.25, 0.3) is 0 Å². The van der Waals surface area contributed by atoms with E-state index in [1.165, 1.54) is 0 Å². The van der Waals surface area contributed by atoms with Crippen LogP contribution in [0.15, 0.2) is 53.1 Å². The molecule has 0 aliphatic heterocycles. The SMILES string of the molecule is NN(C(=O)c1ccccn1)c1ccc(Br)cc1. The van der Waals surface area contributed by atoms with Crippen LogP contribution in [-0.4, -0.2) is 10.9 Å². The van der Waals surface area contributed by atoms with Crippen molar-refractivity contribution in [3.8, 4) is 0 Å². The number of carbonyl (C=O) groups is 1. The van der Waals surface area contributed by atoms with Crippen molar-refractivity contribution in [2.75, 3.05) is 5.01 Å². The molecule has 2 rings (SSSR count). The summed E-state index contributed by atoms with van der Waals surface area (Å²) >= 11 is 3.32. The fourth-order valence-corrected chi connectivity index (χ4v) is 1.60. The summed E-state index contributed by atoms with van der Waals surface area (Å²) in [5.74, 6) is 5.41. The minimum Gasteiger partial charge on any atom is -0.265 e. The van der Waals surface area contributed by atoms with Crippen molar-refractivity contribution in [1.82, 2.24) is 4.98 Å². The molecule has 0 aliphatic rings. The lowest BCUT2D eigenvalue weighted by atomic mass is 10.3. The summed E-state index contributed by atoms with van der Waals surface area (Å²) < 4.78 is 0.930. The maximum atomic E-state index is 12.0. The maximum Gasteiger partial charge on any atom is 0.291 e. The molecule has 1 heterocycles. The predicted molar refractivity (Wildman–Crippen MR) is 69.4 cm³/mol.